The summed E-state index contributed by atoms with van der Waals surface area (Å²) in [4.78, 5) is 2.49. The highest BCUT2D eigenvalue weighted by Crippen LogP contribution is 2.26. The van der Waals surface area contributed by atoms with Crippen LogP contribution in [0.5, 0.6) is 0 Å². The van der Waals surface area contributed by atoms with E-state index in [2.05, 4.69) is 24.8 Å². The molecule has 0 heterocycles. The van der Waals surface area contributed by atoms with E-state index < -0.39 is 0 Å². The molecular formula is C17H27Cl2N. The van der Waals surface area contributed by atoms with E-state index in [-0.39, 0.29) is 5.38 Å². The molecule has 114 valence electrons. The van der Waals surface area contributed by atoms with Crippen LogP contribution in [0.3, 0.4) is 0 Å². The second-order valence-electron chi connectivity index (χ2n) is 5.48. The number of halogens is 2. The Bertz CT molecular complexity index is 385. The molecule has 0 radical (unpaired) electrons. The number of rotatable bonds is 9. The van der Waals surface area contributed by atoms with Gasteiger partial charge in [-0.1, -0.05) is 50.4 Å². The minimum Gasteiger partial charge on any atom is -0.302 e. The van der Waals surface area contributed by atoms with E-state index in [1.807, 2.05) is 19.1 Å². The number of unbranched alkanes of at least 4 members (excludes halogenated alkanes) is 2. The van der Waals surface area contributed by atoms with Gasteiger partial charge in [0.25, 0.3) is 0 Å². The first-order chi connectivity index (χ1) is 9.58. The van der Waals surface area contributed by atoms with Crippen LogP contribution in [0.2, 0.25) is 5.02 Å². The molecule has 20 heavy (non-hydrogen) atoms. The SMILES string of the molecule is CCCCN(CCCC)CC(Cl)c1ccc(Cl)c(C)c1. The third kappa shape index (κ3) is 6.03. The number of benzene rings is 1. The fraction of sp³-hybridized carbons (Fsp3) is 0.647. The summed E-state index contributed by atoms with van der Waals surface area (Å²) < 4.78 is 0. The average Bonchev–Trinajstić information content (AvgIpc) is 2.44. The van der Waals surface area contributed by atoms with Gasteiger partial charge in [-0.3, -0.25) is 0 Å². The molecule has 0 saturated heterocycles. The monoisotopic (exact) mass is 315 g/mol. The number of hydrogen-bond donors (Lipinski definition) is 0. The molecular weight excluding hydrogens is 289 g/mol. The Morgan fingerprint density at radius 2 is 1.70 bits per heavy atom. The van der Waals surface area contributed by atoms with Gasteiger partial charge in [0.1, 0.15) is 0 Å². The Balaban J connectivity index is 2.62. The molecule has 0 amide bonds. The van der Waals surface area contributed by atoms with Gasteiger partial charge in [-0.2, -0.15) is 0 Å². The van der Waals surface area contributed by atoms with Crippen LogP contribution in [0.25, 0.3) is 0 Å². The van der Waals surface area contributed by atoms with E-state index in [0.29, 0.717) is 0 Å². The molecule has 0 saturated carbocycles. The lowest BCUT2D eigenvalue weighted by Crippen LogP contribution is -2.29. The molecule has 3 heteroatoms. The van der Waals surface area contributed by atoms with Gasteiger partial charge < -0.3 is 4.90 Å². The Morgan fingerprint density at radius 1 is 1.10 bits per heavy atom. The number of hydrogen-bond acceptors (Lipinski definition) is 1. The normalized spacial score (nSPS) is 12.9. The van der Waals surface area contributed by atoms with Gasteiger partial charge in [0.05, 0.1) is 5.38 Å². The zero-order chi connectivity index (χ0) is 15.0. The molecule has 0 aliphatic carbocycles. The van der Waals surface area contributed by atoms with Gasteiger partial charge in [0.2, 0.25) is 0 Å². The molecule has 1 unspecified atom stereocenters. The van der Waals surface area contributed by atoms with Crippen LogP contribution in [0, 0.1) is 6.92 Å². The van der Waals surface area contributed by atoms with E-state index in [1.165, 1.54) is 31.2 Å². The van der Waals surface area contributed by atoms with Crippen molar-refractivity contribution in [2.45, 2.75) is 51.8 Å². The zero-order valence-electron chi connectivity index (χ0n) is 13.0. The van der Waals surface area contributed by atoms with Crippen molar-refractivity contribution in [3.05, 3.63) is 34.3 Å². The van der Waals surface area contributed by atoms with Gasteiger partial charge in [0.15, 0.2) is 0 Å². The maximum Gasteiger partial charge on any atom is 0.0712 e. The van der Waals surface area contributed by atoms with Crippen molar-refractivity contribution >= 4 is 23.2 Å². The Hall–Kier alpha value is -0.240. The van der Waals surface area contributed by atoms with Crippen LogP contribution in [0.4, 0.5) is 0 Å². The first-order valence-electron chi connectivity index (χ1n) is 7.71. The molecule has 0 N–H and O–H groups in total. The molecule has 0 spiro atoms. The summed E-state index contributed by atoms with van der Waals surface area (Å²) in [5.74, 6) is 0. The summed E-state index contributed by atoms with van der Waals surface area (Å²) in [5.41, 5.74) is 2.27. The third-order valence-corrected chi connectivity index (χ3v) is 4.43. The second kappa shape index (κ2) is 9.65. The molecule has 1 atom stereocenters. The number of nitrogens with zero attached hydrogens (tertiary/aromatic N) is 1. The van der Waals surface area contributed by atoms with Crippen molar-refractivity contribution in [2.75, 3.05) is 19.6 Å². The van der Waals surface area contributed by atoms with Gasteiger partial charge in [-0.25, -0.2) is 0 Å². The van der Waals surface area contributed by atoms with Crippen molar-refractivity contribution in [1.82, 2.24) is 4.90 Å². The minimum absolute atomic E-state index is 0.0414. The Kier molecular flexibility index (Phi) is 8.60. The standard InChI is InChI=1S/C17H27Cl2N/c1-4-6-10-20(11-7-5-2)13-17(19)15-8-9-16(18)14(3)12-15/h8-9,12,17H,4-7,10-11,13H2,1-3H3. The summed E-state index contributed by atoms with van der Waals surface area (Å²) in [6.45, 7) is 9.71. The maximum atomic E-state index is 6.60. The third-order valence-electron chi connectivity index (χ3n) is 3.62. The lowest BCUT2D eigenvalue weighted by molar-refractivity contribution is 0.265. The number of aryl methyl sites for hydroxylation is 1. The van der Waals surface area contributed by atoms with Crippen LogP contribution in [-0.4, -0.2) is 24.5 Å². The van der Waals surface area contributed by atoms with E-state index in [4.69, 9.17) is 23.2 Å². The highest BCUT2D eigenvalue weighted by atomic mass is 35.5. The molecule has 1 rings (SSSR count). The van der Waals surface area contributed by atoms with Crippen LogP contribution < -0.4 is 0 Å². The van der Waals surface area contributed by atoms with Crippen LogP contribution >= 0.6 is 23.2 Å². The summed E-state index contributed by atoms with van der Waals surface area (Å²) in [6.07, 6.45) is 4.95. The average molecular weight is 316 g/mol. The summed E-state index contributed by atoms with van der Waals surface area (Å²) in [5, 5.41) is 0.853. The predicted octanol–water partition coefficient (Wildman–Crippen LogP) is 5.83. The molecule has 0 aromatic heterocycles. The Morgan fingerprint density at radius 3 is 2.20 bits per heavy atom. The Labute approximate surface area is 134 Å². The van der Waals surface area contributed by atoms with Gasteiger partial charge in [-0.05, 0) is 50.0 Å². The van der Waals surface area contributed by atoms with Gasteiger partial charge >= 0.3 is 0 Å². The quantitative estimate of drug-likeness (QED) is 0.518. The van der Waals surface area contributed by atoms with E-state index in [9.17, 15) is 0 Å². The minimum atomic E-state index is 0.0414. The van der Waals surface area contributed by atoms with Crippen molar-refractivity contribution in [3.63, 3.8) is 0 Å². The fourth-order valence-electron chi connectivity index (χ4n) is 2.25. The van der Waals surface area contributed by atoms with Crippen molar-refractivity contribution in [2.24, 2.45) is 0 Å². The molecule has 0 fully saturated rings. The molecule has 0 bridgehead atoms. The molecule has 1 aromatic rings. The van der Waals surface area contributed by atoms with E-state index in [0.717, 1.165) is 30.2 Å². The van der Waals surface area contributed by atoms with Crippen molar-refractivity contribution < 1.29 is 0 Å². The molecule has 0 aliphatic rings. The molecule has 1 aromatic carbocycles. The first-order valence-corrected chi connectivity index (χ1v) is 8.52. The van der Waals surface area contributed by atoms with Crippen molar-refractivity contribution in [3.8, 4) is 0 Å². The van der Waals surface area contributed by atoms with E-state index >= 15 is 0 Å². The maximum absolute atomic E-state index is 6.60. The van der Waals surface area contributed by atoms with Crippen LogP contribution in [-0.2, 0) is 0 Å². The highest BCUT2D eigenvalue weighted by Gasteiger charge is 2.14. The van der Waals surface area contributed by atoms with Gasteiger partial charge in [-0.15, -0.1) is 11.6 Å². The lowest BCUT2D eigenvalue weighted by Gasteiger charge is -2.25. The van der Waals surface area contributed by atoms with Gasteiger partial charge in [0, 0.05) is 11.6 Å². The van der Waals surface area contributed by atoms with E-state index in [1.54, 1.807) is 0 Å². The topological polar surface area (TPSA) is 3.24 Å². The largest absolute Gasteiger partial charge is 0.302 e. The molecule has 1 nitrogen and oxygen atoms in total. The lowest BCUT2D eigenvalue weighted by atomic mass is 10.1. The van der Waals surface area contributed by atoms with Crippen LogP contribution in [0.15, 0.2) is 18.2 Å². The summed E-state index contributed by atoms with van der Waals surface area (Å²) in [6, 6.07) is 6.10. The number of alkyl halides is 1. The highest BCUT2D eigenvalue weighted by molar-refractivity contribution is 6.31. The van der Waals surface area contributed by atoms with Crippen molar-refractivity contribution in [1.29, 1.82) is 0 Å². The van der Waals surface area contributed by atoms with Crippen LogP contribution in [0.1, 0.15) is 56.0 Å². The summed E-state index contributed by atoms with van der Waals surface area (Å²) >= 11 is 12.7. The second-order valence-corrected chi connectivity index (χ2v) is 6.42. The first kappa shape index (κ1) is 17.8. The molecule has 0 aliphatic heterocycles. The zero-order valence-corrected chi connectivity index (χ0v) is 14.5. The summed E-state index contributed by atoms with van der Waals surface area (Å²) in [7, 11) is 0. The predicted molar refractivity (Wildman–Crippen MR) is 91.0 cm³/mol. The fourth-order valence-corrected chi connectivity index (χ4v) is 2.70. The smallest absolute Gasteiger partial charge is 0.0712 e.